The molecule has 1 heterocycles. The lowest BCUT2D eigenvalue weighted by Gasteiger charge is -2.28. The second-order valence-electron chi connectivity index (χ2n) is 4.54. The van der Waals surface area contributed by atoms with E-state index in [4.69, 9.17) is 31.5 Å². The normalized spacial score (nSPS) is 35.6. The summed E-state index contributed by atoms with van der Waals surface area (Å²) in [4.78, 5) is 0. The highest BCUT2D eigenvalue weighted by molar-refractivity contribution is 6.11. The third-order valence-corrected chi connectivity index (χ3v) is 3.35. The minimum atomic E-state index is -0.512. The van der Waals surface area contributed by atoms with E-state index in [0.717, 1.165) is 0 Å². The van der Waals surface area contributed by atoms with Crippen LogP contribution in [0.25, 0.3) is 0 Å². The van der Waals surface area contributed by atoms with Gasteiger partial charge in [0.1, 0.15) is 26.2 Å². The first-order valence-electron chi connectivity index (χ1n) is 6.16. The van der Waals surface area contributed by atoms with Gasteiger partial charge in [0.15, 0.2) is 0 Å². The van der Waals surface area contributed by atoms with Crippen molar-refractivity contribution < 1.29 is 23.7 Å². The largest absolute Gasteiger partial charge is 0.382 e. The fourth-order valence-electron chi connectivity index (χ4n) is 2.04. The minimum absolute atomic E-state index is 0.0174. The third kappa shape index (κ3) is 3.68. The van der Waals surface area contributed by atoms with Gasteiger partial charge in [-0.15, -0.1) is 0 Å². The Kier molecular flexibility index (Phi) is 6.59. The lowest BCUT2D eigenvalue weighted by molar-refractivity contribution is -0.113. The van der Waals surface area contributed by atoms with Gasteiger partial charge in [0.05, 0.1) is 18.8 Å². The van der Waals surface area contributed by atoms with Crippen LogP contribution in [-0.4, -0.2) is 72.3 Å². The highest BCUT2D eigenvalue weighted by atomic mass is 16.6. The molecule has 0 amide bonds. The molecule has 2 radical (unpaired) electrons. The van der Waals surface area contributed by atoms with E-state index < -0.39 is 6.00 Å². The Morgan fingerprint density at radius 2 is 1.78 bits per heavy atom. The van der Waals surface area contributed by atoms with Crippen LogP contribution in [0.1, 0.15) is 13.8 Å². The molecule has 1 fully saturated rings. The number of hydrogen-bond donors (Lipinski definition) is 0. The van der Waals surface area contributed by atoms with Crippen molar-refractivity contribution in [2.75, 3.05) is 27.9 Å². The van der Waals surface area contributed by atoms with Crippen molar-refractivity contribution in [1.29, 1.82) is 0 Å². The Labute approximate surface area is 110 Å². The van der Waals surface area contributed by atoms with Gasteiger partial charge in [0, 0.05) is 27.3 Å². The summed E-state index contributed by atoms with van der Waals surface area (Å²) in [6.45, 7) is 4.32. The maximum atomic E-state index is 5.93. The molecule has 1 aliphatic heterocycles. The zero-order valence-corrected chi connectivity index (χ0v) is 11.8. The average Bonchev–Trinajstić information content (AvgIpc) is 2.64. The van der Waals surface area contributed by atoms with Gasteiger partial charge in [-0.1, -0.05) is 0 Å². The maximum Gasteiger partial charge on any atom is 0.113 e. The van der Waals surface area contributed by atoms with Crippen LogP contribution in [0.15, 0.2) is 0 Å². The Morgan fingerprint density at radius 1 is 1.11 bits per heavy atom. The molecule has 0 N–H and O–H groups in total. The van der Waals surface area contributed by atoms with Crippen LogP contribution in [0, 0.1) is 0 Å². The SMILES string of the molecule is [B][C@@H]1O[C@H](COC)C(OC)[C@@H]1O[C@@H](C)[C@@H](C)OC. The standard InChI is InChI=1S/C12H23BO5/c1-7(15-4)8(2)17-11-10(16-5)9(6-14-3)18-12(11)13/h7-12H,6H2,1-5H3/t7-,8+,9-,10?,11+,12-/m1/s1. The molecular weight excluding hydrogens is 235 g/mol. The zero-order chi connectivity index (χ0) is 13.7. The van der Waals surface area contributed by atoms with Gasteiger partial charge in [0.25, 0.3) is 0 Å². The topological polar surface area (TPSA) is 46.2 Å². The van der Waals surface area contributed by atoms with Gasteiger partial charge in [0.2, 0.25) is 0 Å². The molecule has 1 aliphatic rings. The van der Waals surface area contributed by atoms with Crippen LogP contribution in [-0.2, 0) is 23.7 Å². The van der Waals surface area contributed by atoms with Gasteiger partial charge < -0.3 is 23.7 Å². The highest BCUT2D eigenvalue weighted by Gasteiger charge is 2.44. The van der Waals surface area contributed by atoms with E-state index in [9.17, 15) is 0 Å². The Bertz CT molecular complexity index is 241. The molecule has 0 aromatic rings. The van der Waals surface area contributed by atoms with Gasteiger partial charge in [-0.3, -0.25) is 0 Å². The van der Waals surface area contributed by atoms with Crippen LogP contribution >= 0.6 is 0 Å². The Morgan fingerprint density at radius 3 is 2.28 bits per heavy atom. The molecule has 1 unspecified atom stereocenters. The molecule has 6 atom stereocenters. The fraction of sp³-hybridized carbons (Fsp3) is 1.00. The molecule has 0 spiro atoms. The summed E-state index contributed by atoms with van der Waals surface area (Å²) in [5, 5.41) is 0. The molecule has 1 rings (SSSR count). The molecule has 104 valence electrons. The zero-order valence-electron chi connectivity index (χ0n) is 11.8. The summed E-state index contributed by atoms with van der Waals surface area (Å²) in [7, 11) is 10.8. The number of ether oxygens (including phenoxy) is 5. The smallest absolute Gasteiger partial charge is 0.113 e. The molecule has 0 saturated carbocycles. The summed E-state index contributed by atoms with van der Waals surface area (Å²) in [5.41, 5.74) is 0. The quantitative estimate of drug-likeness (QED) is 0.616. The van der Waals surface area contributed by atoms with Crippen molar-refractivity contribution in [2.45, 2.75) is 50.4 Å². The molecule has 0 aliphatic carbocycles. The minimum Gasteiger partial charge on any atom is -0.382 e. The average molecular weight is 258 g/mol. The van der Waals surface area contributed by atoms with E-state index in [2.05, 4.69) is 0 Å². The summed E-state index contributed by atoms with van der Waals surface area (Å²) in [5.74, 6) is 0. The van der Waals surface area contributed by atoms with Gasteiger partial charge >= 0.3 is 0 Å². The van der Waals surface area contributed by atoms with Crippen molar-refractivity contribution in [1.82, 2.24) is 0 Å². The molecule has 0 aromatic heterocycles. The second kappa shape index (κ2) is 7.45. The molecule has 5 nitrogen and oxygen atoms in total. The third-order valence-electron chi connectivity index (χ3n) is 3.35. The van der Waals surface area contributed by atoms with Crippen molar-refractivity contribution in [3.05, 3.63) is 0 Å². The van der Waals surface area contributed by atoms with E-state index in [1.165, 1.54) is 0 Å². The van der Waals surface area contributed by atoms with Crippen molar-refractivity contribution in [3.8, 4) is 0 Å². The summed E-state index contributed by atoms with van der Waals surface area (Å²) >= 11 is 0. The van der Waals surface area contributed by atoms with Gasteiger partial charge in [-0.05, 0) is 13.8 Å². The number of hydrogen-bond acceptors (Lipinski definition) is 5. The number of rotatable bonds is 7. The van der Waals surface area contributed by atoms with Crippen LogP contribution in [0.3, 0.4) is 0 Å². The van der Waals surface area contributed by atoms with Gasteiger partial charge in [-0.2, -0.15) is 0 Å². The van der Waals surface area contributed by atoms with Crippen molar-refractivity contribution in [2.24, 2.45) is 0 Å². The molecule has 0 bridgehead atoms. The predicted molar refractivity (Wildman–Crippen MR) is 67.9 cm³/mol. The van der Waals surface area contributed by atoms with Gasteiger partial charge in [-0.25, -0.2) is 0 Å². The Balaban J connectivity index is 2.62. The lowest BCUT2D eigenvalue weighted by Crippen LogP contribution is -2.42. The molecule has 18 heavy (non-hydrogen) atoms. The summed E-state index contributed by atoms with van der Waals surface area (Å²) < 4.78 is 27.2. The van der Waals surface area contributed by atoms with E-state index in [1.807, 2.05) is 13.8 Å². The molecule has 0 aromatic carbocycles. The second-order valence-corrected chi connectivity index (χ2v) is 4.54. The molecule has 1 saturated heterocycles. The van der Waals surface area contributed by atoms with Crippen LogP contribution in [0.5, 0.6) is 0 Å². The van der Waals surface area contributed by atoms with E-state index in [-0.39, 0.29) is 30.5 Å². The summed E-state index contributed by atoms with van der Waals surface area (Å²) in [6.07, 6.45) is -0.857. The first kappa shape index (κ1) is 15.9. The van der Waals surface area contributed by atoms with E-state index in [1.54, 1.807) is 21.3 Å². The van der Waals surface area contributed by atoms with Crippen molar-refractivity contribution in [3.63, 3.8) is 0 Å². The molecule has 6 heteroatoms. The van der Waals surface area contributed by atoms with E-state index in [0.29, 0.717) is 6.61 Å². The lowest BCUT2D eigenvalue weighted by atomic mass is 9.92. The monoisotopic (exact) mass is 258 g/mol. The first-order valence-corrected chi connectivity index (χ1v) is 6.16. The maximum absolute atomic E-state index is 5.93. The van der Waals surface area contributed by atoms with Crippen LogP contribution in [0.4, 0.5) is 0 Å². The predicted octanol–water partition coefficient (Wildman–Crippen LogP) is 0.350. The van der Waals surface area contributed by atoms with E-state index >= 15 is 0 Å². The fourth-order valence-corrected chi connectivity index (χ4v) is 2.04. The Hall–Kier alpha value is -0.135. The first-order chi connectivity index (χ1) is 8.54. The van der Waals surface area contributed by atoms with Crippen LogP contribution < -0.4 is 0 Å². The number of methoxy groups -OCH3 is 3. The highest BCUT2D eigenvalue weighted by Crippen LogP contribution is 2.26. The summed E-state index contributed by atoms with van der Waals surface area (Å²) in [6, 6.07) is -0.512. The van der Waals surface area contributed by atoms with Crippen LogP contribution in [0.2, 0.25) is 0 Å². The van der Waals surface area contributed by atoms with Crippen molar-refractivity contribution >= 4 is 7.85 Å². The molecular formula is C12H23BO5.